The number of benzene rings is 3. The summed E-state index contributed by atoms with van der Waals surface area (Å²) in [5.41, 5.74) is 3.18. The predicted molar refractivity (Wildman–Crippen MR) is 102 cm³/mol. The first-order chi connectivity index (χ1) is 13.2. The Balaban J connectivity index is 2.32. The van der Waals surface area contributed by atoms with Gasteiger partial charge >= 0.3 is 0 Å². The van der Waals surface area contributed by atoms with Crippen LogP contribution >= 0.6 is 10.3 Å². The van der Waals surface area contributed by atoms with Gasteiger partial charge in [0.2, 0.25) is 0 Å². The summed E-state index contributed by atoms with van der Waals surface area (Å²) in [5.74, 6) is 0. The molecule has 6 heteroatoms. The molecule has 0 spiro atoms. The van der Waals surface area contributed by atoms with Gasteiger partial charge in [-0.15, -0.1) is 0 Å². The van der Waals surface area contributed by atoms with Gasteiger partial charge in [-0.25, -0.2) is 0 Å². The van der Waals surface area contributed by atoms with E-state index in [1.807, 2.05) is 93.6 Å². The fourth-order valence-electron chi connectivity index (χ4n) is 3.01. The van der Waals surface area contributed by atoms with E-state index in [0.29, 0.717) is 14.7 Å². The van der Waals surface area contributed by atoms with Crippen LogP contribution in [0, 0.1) is 24.1 Å². The van der Waals surface area contributed by atoms with Crippen LogP contribution in [0.5, 0.6) is 0 Å². The zero-order valence-corrected chi connectivity index (χ0v) is 17.6. The molecule has 0 atom stereocenters. The van der Waals surface area contributed by atoms with E-state index < -0.39 is 20.6 Å². The van der Waals surface area contributed by atoms with Gasteiger partial charge in [0.05, 0.1) is 20.6 Å². The van der Waals surface area contributed by atoms with E-state index in [0.717, 1.165) is 23.1 Å². The first kappa shape index (κ1) is 20.9. The molecular weight excluding hydrogens is 396 g/mol. The Morgan fingerprint density at radius 3 is 1.36 bits per heavy atom. The molecule has 0 aromatic heterocycles. The SMILES string of the molecule is CCc1ccc(S(O[Cl+3]([O-])([O-])[O-])(c2ccc(C)cc2)c2ccc(C)cc2)cc1. The lowest BCUT2D eigenvalue weighted by Gasteiger charge is -2.35. The van der Waals surface area contributed by atoms with Gasteiger partial charge in [-0.2, -0.15) is 14.0 Å². The van der Waals surface area contributed by atoms with E-state index in [1.165, 1.54) is 0 Å². The first-order valence-corrected chi connectivity index (χ1v) is 11.7. The van der Waals surface area contributed by atoms with E-state index in [2.05, 4.69) is 0 Å². The molecule has 0 unspecified atom stereocenters. The summed E-state index contributed by atoms with van der Waals surface area (Å²) in [7, 11) is -7.42. The average Bonchev–Trinajstić information content (AvgIpc) is 2.67. The molecule has 148 valence electrons. The molecule has 0 bridgehead atoms. The zero-order valence-electron chi connectivity index (χ0n) is 16.1. The molecule has 0 aliphatic rings. The Hall–Kier alpha value is -1.86. The van der Waals surface area contributed by atoms with Gasteiger partial charge in [0, 0.05) is 14.7 Å². The second-order valence-electron chi connectivity index (χ2n) is 6.62. The molecule has 0 saturated heterocycles. The third kappa shape index (κ3) is 4.41. The predicted octanol–water partition coefficient (Wildman–Crippen LogP) is 2.98. The highest BCUT2D eigenvalue weighted by Crippen LogP contribution is 2.70. The highest BCUT2D eigenvalue weighted by molar-refractivity contribution is 8.29. The average molecular weight is 419 g/mol. The molecule has 0 heterocycles. The minimum absolute atomic E-state index is 0.651. The summed E-state index contributed by atoms with van der Waals surface area (Å²) in [4.78, 5) is 1.96. The molecule has 4 nitrogen and oxygen atoms in total. The van der Waals surface area contributed by atoms with Crippen LogP contribution in [0.15, 0.2) is 87.5 Å². The highest BCUT2D eigenvalue weighted by Gasteiger charge is 2.46. The van der Waals surface area contributed by atoms with Crippen LogP contribution in [0.25, 0.3) is 0 Å². The van der Waals surface area contributed by atoms with Crippen LogP contribution in [0.3, 0.4) is 0 Å². The molecule has 3 aromatic rings. The van der Waals surface area contributed by atoms with Gasteiger partial charge < -0.3 is 0 Å². The molecule has 0 amide bonds. The van der Waals surface area contributed by atoms with Gasteiger partial charge in [-0.1, -0.05) is 54.4 Å². The molecule has 0 N–H and O–H groups in total. The smallest absolute Gasteiger partial charge is 0.134 e. The van der Waals surface area contributed by atoms with E-state index >= 15 is 0 Å². The summed E-state index contributed by atoms with van der Waals surface area (Å²) in [6, 6.07) is 22.5. The molecule has 0 aliphatic carbocycles. The van der Waals surface area contributed by atoms with Gasteiger partial charge in [0.15, 0.2) is 0 Å². The summed E-state index contributed by atoms with van der Waals surface area (Å²) in [6.45, 7) is 5.95. The van der Waals surface area contributed by atoms with Gasteiger partial charge in [0.25, 0.3) is 0 Å². The summed E-state index contributed by atoms with van der Waals surface area (Å²) >= 11 is 0. The lowest BCUT2D eigenvalue weighted by atomic mass is 10.2. The number of rotatable bonds is 6. The summed E-state index contributed by atoms with van der Waals surface area (Å²) in [5, 5.41) is 0. The summed E-state index contributed by atoms with van der Waals surface area (Å²) in [6.07, 6.45) is 0.858. The molecule has 0 fully saturated rings. The Bertz CT molecular complexity index is 871. The largest absolute Gasteiger partial charge is 0.182 e. The van der Waals surface area contributed by atoms with E-state index in [4.69, 9.17) is 3.74 Å². The zero-order chi connectivity index (χ0) is 20.4. The number of hydrogen-bond acceptors (Lipinski definition) is 4. The van der Waals surface area contributed by atoms with Crippen molar-refractivity contribution in [2.24, 2.45) is 0 Å². The lowest BCUT2D eigenvalue weighted by molar-refractivity contribution is -1.91. The van der Waals surface area contributed by atoms with Crippen LogP contribution in [-0.4, -0.2) is 0 Å². The van der Waals surface area contributed by atoms with Crippen molar-refractivity contribution in [2.75, 3.05) is 0 Å². The molecule has 0 radical (unpaired) electrons. The molecule has 0 saturated carbocycles. The van der Waals surface area contributed by atoms with Crippen molar-refractivity contribution in [1.82, 2.24) is 0 Å². The monoisotopic (exact) mass is 418 g/mol. The van der Waals surface area contributed by atoms with E-state index in [1.54, 1.807) is 0 Å². The van der Waals surface area contributed by atoms with Crippen molar-refractivity contribution in [3.05, 3.63) is 89.5 Å². The lowest BCUT2D eigenvalue weighted by Crippen LogP contribution is -2.61. The second kappa shape index (κ2) is 8.25. The Kier molecular flexibility index (Phi) is 6.15. The van der Waals surface area contributed by atoms with Crippen LogP contribution < -0.4 is 14.0 Å². The second-order valence-corrected chi connectivity index (χ2v) is 10.4. The molecule has 0 aliphatic heterocycles. The fraction of sp³-hybridized carbons (Fsp3) is 0.182. The van der Waals surface area contributed by atoms with E-state index in [-0.39, 0.29) is 0 Å². The van der Waals surface area contributed by atoms with Crippen LogP contribution in [0.4, 0.5) is 0 Å². The van der Waals surface area contributed by atoms with Gasteiger partial charge in [-0.05, 0) is 62.2 Å². The minimum atomic E-state index is -4.66. The Morgan fingerprint density at radius 1 is 0.679 bits per heavy atom. The van der Waals surface area contributed by atoms with Crippen molar-refractivity contribution in [2.45, 2.75) is 41.9 Å². The van der Waals surface area contributed by atoms with Crippen molar-refractivity contribution < 1.29 is 28.0 Å². The van der Waals surface area contributed by atoms with Crippen LogP contribution in [-0.2, 0) is 10.2 Å². The fourth-order valence-corrected chi connectivity index (χ4v) is 7.18. The standard InChI is InChI=1S/C22H23ClO4S/c1-4-19-9-15-22(16-10-19)28(27-23(24,25)26,20-11-5-17(2)6-12-20)21-13-7-18(3)8-14-21/h5-16H,4H2,1-3H3. The maximum absolute atomic E-state index is 11.8. The maximum atomic E-state index is 11.8. The number of hydrogen-bond donors (Lipinski definition) is 0. The van der Waals surface area contributed by atoms with Crippen LogP contribution in [0.2, 0.25) is 0 Å². The number of halogens is 1. The van der Waals surface area contributed by atoms with Crippen molar-refractivity contribution in [1.29, 1.82) is 0 Å². The van der Waals surface area contributed by atoms with Crippen LogP contribution in [0.1, 0.15) is 23.6 Å². The molecule has 28 heavy (non-hydrogen) atoms. The first-order valence-electron chi connectivity index (χ1n) is 8.92. The van der Waals surface area contributed by atoms with Gasteiger partial charge in [-0.3, -0.25) is 0 Å². The quantitative estimate of drug-likeness (QED) is 0.616. The highest BCUT2D eigenvalue weighted by atomic mass is 35.7. The maximum Gasteiger partial charge on any atom is 0.134 e. The number of aryl methyl sites for hydroxylation is 3. The third-order valence-corrected chi connectivity index (χ3v) is 8.72. The Labute approximate surface area is 169 Å². The normalized spacial score (nSPS) is 12.8. The van der Waals surface area contributed by atoms with Gasteiger partial charge in [0.1, 0.15) is 3.74 Å². The topological polar surface area (TPSA) is 78.4 Å². The minimum Gasteiger partial charge on any atom is -0.182 e. The molecule has 3 rings (SSSR count). The van der Waals surface area contributed by atoms with Crippen molar-refractivity contribution in [3.63, 3.8) is 0 Å². The Morgan fingerprint density at radius 2 is 1.04 bits per heavy atom. The molecule has 3 aromatic carbocycles. The van der Waals surface area contributed by atoms with E-state index in [9.17, 15) is 14.0 Å². The summed E-state index contributed by atoms with van der Waals surface area (Å²) < 4.78 is 40.9. The molecular formula is C22H23ClO4S. The van der Waals surface area contributed by atoms with Crippen molar-refractivity contribution in [3.8, 4) is 0 Å². The third-order valence-electron chi connectivity index (χ3n) is 4.54. The van der Waals surface area contributed by atoms with Crippen molar-refractivity contribution >= 4 is 10.3 Å².